The lowest BCUT2D eigenvalue weighted by Crippen LogP contribution is -2.47. The van der Waals surface area contributed by atoms with Crippen molar-refractivity contribution >= 4 is 11.4 Å². The van der Waals surface area contributed by atoms with Gasteiger partial charge in [0.1, 0.15) is 5.75 Å². The Morgan fingerprint density at radius 2 is 1.39 bits per heavy atom. The number of piperazine rings is 1. The minimum absolute atomic E-state index is 0.446. The molecule has 4 nitrogen and oxygen atoms in total. The van der Waals surface area contributed by atoms with Crippen LogP contribution in [0.4, 0.5) is 11.4 Å². The highest BCUT2D eigenvalue weighted by atomic mass is 16.5. The zero-order chi connectivity index (χ0) is 16.2. The second-order valence-electron chi connectivity index (χ2n) is 5.88. The van der Waals surface area contributed by atoms with E-state index in [9.17, 15) is 5.11 Å². The van der Waals surface area contributed by atoms with Gasteiger partial charge in [-0.25, -0.2) is 0 Å². The lowest BCUT2D eigenvalue weighted by Gasteiger charge is -2.38. The average molecular weight is 312 g/mol. The number of para-hydroxylation sites is 3. The molecule has 0 saturated carbocycles. The monoisotopic (exact) mass is 312 g/mol. The SMILES string of the molecule is COc1ccccc1N1CCN(c2ccccc2C(C)O)CC1. The van der Waals surface area contributed by atoms with Gasteiger partial charge in [-0.15, -0.1) is 0 Å². The molecule has 2 aromatic carbocycles. The van der Waals surface area contributed by atoms with Gasteiger partial charge in [0.05, 0.1) is 18.9 Å². The van der Waals surface area contributed by atoms with Crippen LogP contribution in [0.15, 0.2) is 48.5 Å². The molecule has 1 heterocycles. The molecule has 0 spiro atoms. The van der Waals surface area contributed by atoms with Crippen LogP contribution in [-0.4, -0.2) is 38.4 Å². The summed E-state index contributed by atoms with van der Waals surface area (Å²) in [5.41, 5.74) is 3.29. The zero-order valence-corrected chi connectivity index (χ0v) is 13.8. The molecule has 2 aromatic rings. The predicted molar refractivity (Wildman–Crippen MR) is 94.5 cm³/mol. The van der Waals surface area contributed by atoms with Crippen molar-refractivity contribution < 1.29 is 9.84 Å². The Kier molecular flexibility index (Phi) is 4.72. The minimum Gasteiger partial charge on any atom is -0.495 e. The van der Waals surface area contributed by atoms with E-state index < -0.39 is 6.10 Å². The molecule has 1 N–H and O–H groups in total. The van der Waals surface area contributed by atoms with E-state index >= 15 is 0 Å². The number of nitrogens with zero attached hydrogens (tertiary/aromatic N) is 2. The summed E-state index contributed by atoms with van der Waals surface area (Å²) in [5.74, 6) is 0.922. The van der Waals surface area contributed by atoms with Gasteiger partial charge in [0.25, 0.3) is 0 Å². The van der Waals surface area contributed by atoms with Crippen LogP contribution in [0.2, 0.25) is 0 Å². The van der Waals surface area contributed by atoms with Crippen LogP contribution in [0.5, 0.6) is 5.75 Å². The van der Waals surface area contributed by atoms with E-state index in [0.29, 0.717) is 0 Å². The first-order valence-corrected chi connectivity index (χ1v) is 8.10. The molecule has 0 amide bonds. The lowest BCUT2D eigenvalue weighted by atomic mass is 10.1. The van der Waals surface area contributed by atoms with Crippen molar-refractivity contribution in [3.8, 4) is 5.75 Å². The number of aliphatic hydroxyl groups is 1. The highest BCUT2D eigenvalue weighted by molar-refractivity contribution is 5.61. The third-order valence-electron chi connectivity index (χ3n) is 4.43. The van der Waals surface area contributed by atoms with Crippen molar-refractivity contribution in [3.05, 3.63) is 54.1 Å². The molecule has 0 aliphatic carbocycles. The van der Waals surface area contributed by atoms with Crippen LogP contribution >= 0.6 is 0 Å². The molecular weight excluding hydrogens is 288 g/mol. The molecule has 4 heteroatoms. The van der Waals surface area contributed by atoms with Gasteiger partial charge in [0, 0.05) is 37.4 Å². The molecule has 1 unspecified atom stereocenters. The number of rotatable bonds is 4. The Balaban J connectivity index is 1.74. The van der Waals surface area contributed by atoms with Crippen LogP contribution in [0, 0.1) is 0 Å². The van der Waals surface area contributed by atoms with Crippen LogP contribution in [-0.2, 0) is 0 Å². The van der Waals surface area contributed by atoms with Gasteiger partial charge in [-0.05, 0) is 25.1 Å². The smallest absolute Gasteiger partial charge is 0.142 e. The normalized spacial score (nSPS) is 16.3. The third-order valence-corrected chi connectivity index (χ3v) is 4.43. The molecule has 0 bridgehead atoms. The van der Waals surface area contributed by atoms with Crippen LogP contribution in [0.1, 0.15) is 18.6 Å². The zero-order valence-electron chi connectivity index (χ0n) is 13.8. The lowest BCUT2D eigenvalue weighted by molar-refractivity contribution is 0.199. The maximum atomic E-state index is 9.98. The van der Waals surface area contributed by atoms with E-state index in [4.69, 9.17) is 4.74 Å². The van der Waals surface area contributed by atoms with Gasteiger partial charge >= 0.3 is 0 Å². The van der Waals surface area contributed by atoms with E-state index in [0.717, 1.165) is 48.9 Å². The predicted octanol–water partition coefficient (Wildman–Crippen LogP) is 3.08. The number of anilines is 2. The molecule has 1 saturated heterocycles. The first kappa shape index (κ1) is 15.7. The fraction of sp³-hybridized carbons (Fsp3) is 0.368. The number of aliphatic hydroxyl groups excluding tert-OH is 1. The van der Waals surface area contributed by atoms with Crippen molar-refractivity contribution in [1.82, 2.24) is 0 Å². The first-order valence-electron chi connectivity index (χ1n) is 8.10. The van der Waals surface area contributed by atoms with Crippen molar-refractivity contribution in [2.45, 2.75) is 13.0 Å². The molecule has 122 valence electrons. The van der Waals surface area contributed by atoms with Crippen molar-refractivity contribution in [3.63, 3.8) is 0 Å². The summed E-state index contributed by atoms with van der Waals surface area (Å²) in [6.45, 7) is 5.57. The minimum atomic E-state index is -0.446. The topological polar surface area (TPSA) is 35.9 Å². The molecule has 1 aliphatic rings. The molecule has 23 heavy (non-hydrogen) atoms. The molecule has 1 aliphatic heterocycles. The maximum Gasteiger partial charge on any atom is 0.142 e. The van der Waals surface area contributed by atoms with Crippen LogP contribution < -0.4 is 14.5 Å². The first-order chi connectivity index (χ1) is 11.2. The van der Waals surface area contributed by atoms with E-state index in [2.05, 4.69) is 21.9 Å². The van der Waals surface area contributed by atoms with Crippen molar-refractivity contribution in [2.24, 2.45) is 0 Å². The maximum absolute atomic E-state index is 9.98. The summed E-state index contributed by atoms with van der Waals surface area (Å²) >= 11 is 0. The van der Waals surface area contributed by atoms with Crippen LogP contribution in [0.3, 0.4) is 0 Å². The van der Waals surface area contributed by atoms with Gasteiger partial charge in [-0.2, -0.15) is 0 Å². The Morgan fingerprint density at radius 1 is 0.870 bits per heavy atom. The largest absolute Gasteiger partial charge is 0.495 e. The summed E-state index contributed by atoms with van der Waals surface area (Å²) in [5, 5.41) is 9.98. The summed E-state index contributed by atoms with van der Waals surface area (Å²) in [6, 6.07) is 16.3. The van der Waals surface area contributed by atoms with Gasteiger partial charge < -0.3 is 19.6 Å². The Labute approximate surface area is 137 Å². The molecule has 0 radical (unpaired) electrons. The Hall–Kier alpha value is -2.20. The van der Waals surface area contributed by atoms with Gasteiger partial charge in [-0.1, -0.05) is 30.3 Å². The summed E-state index contributed by atoms with van der Waals surface area (Å²) in [7, 11) is 1.72. The third kappa shape index (κ3) is 3.27. The molecule has 0 aromatic heterocycles. The van der Waals surface area contributed by atoms with E-state index in [1.165, 1.54) is 0 Å². The second kappa shape index (κ2) is 6.92. The van der Waals surface area contributed by atoms with E-state index in [-0.39, 0.29) is 0 Å². The second-order valence-corrected chi connectivity index (χ2v) is 5.88. The van der Waals surface area contributed by atoms with Crippen molar-refractivity contribution in [2.75, 3.05) is 43.1 Å². The number of hydrogen-bond donors (Lipinski definition) is 1. The summed E-state index contributed by atoms with van der Waals surface area (Å²) < 4.78 is 5.47. The van der Waals surface area contributed by atoms with Gasteiger partial charge in [0.15, 0.2) is 0 Å². The van der Waals surface area contributed by atoms with E-state index in [1.54, 1.807) is 7.11 Å². The molecule has 1 fully saturated rings. The Bertz CT molecular complexity index is 649. The average Bonchev–Trinajstić information content (AvgIpc) is 2.62. The van der Waals surface area contributed by atoms with Crippen LogP contribution in [0.25, 0.3) is 0 Å². The highest BCUT2D eigenvalue weighted by Crippen LogP contribution is 2.31. The van der Waals surface area contributed by atoms with Gasteiger partial charge in [0.2, 0.25) is 0 Å². The molecule has 1 atom stereocenters. The fourth-order valence-corrected chi connectivity index (χ4v) is 3.21. The number of benzene rings is 2. The summed E-state index contributed by atoms with van der Waals surface area (Å²) in [6.07, 6.45) is -0.446. The molecular formula is C19H24N2O2. The standard InChI is InChI=1S/C19H24N2O2/c1-15(22)16-7-3-4-8-17(16)20-11-13-21(14-12-20)18-9-5-6-10-19(18)23-2/h3-10,15,22H,11-14H2,1-2H3. The number of hydrogen-bond acceptors (Lipinski definition) is 4. The quantitative estimate of drug-likeness (QED) is 0.941. The Morgan fingerprint density at radius 3 is 2.00 bits per heavy atom. The number of methoxy groups -OCH3 is 1. The van der Waals surface area contributed by atoms with Crippen molar-refractivity contribution in [1.29, 1.82) is 0 Å². The fourth-order valence-electron chi connectivity index (χ4n) is 3.21. The van der Waals surface area contributed by atoms with Gasteiger partial charge in [-0.3, -0.25) is 0 Å². The van der Waals surface area contributed by atoms with E-state index in [1.807, 2.05) is 43.3 Å². The summed E-state index contributed by atoms with van der Waals surface area (Å²) in [4.78, 5) is 4.72. The number of ether oxygens (including phenoxy) is 1. The molecule has 3 rings (SSSR count). The highest BCUT2D eigenvalue weighted by Gasteiger charge is 2.21.